The van der Waals surface area contributed by atoms with Crippen molar-refractivity contribution in [2.45, 2.75) is 26.4 Å². The minimum atomic E-state index is -0.327. The number of carbonyl (C=O) groups is 2. The van der Waals surface area contributed by atoms with E-state index < -0.39 is 0 Å². The number of amides is 2. The Morgan fingerprint density at radius 3 is 2.38 bits per heavy atom. The van der Waals surface area contributed by atoms with Crippen LogP contribution in [0.15, 0.2) is 18.2 Å². The summed E-state index contributed by atoms with van der Waals surface area (Å²) in [5.74, 6) is -0.522. The molecule has 0 aliphatic heterocycles. The molecule has 0 heterocycles. The van der Waals surface area contributed by atoms with Crippen LogP contribution in [0.1, 0.15) is 17.5 Å². The second-order valence-electron chi connectivity index (χ2n) is 4.89. The first-order chi connectivity index (χ1) is 9.97. The van der Waals surface area contributed by atoms with Crippen LogP contribution in [-0.2, 0) is 14.3 Å². The third-order valence-electron chi connectivity index (χ3n) is 3.20. The first-order valence-electron chi connectivity index (χ1n) is 6.83. The lowest BCUT2D eigenvalue weighted by atomic mass is 10.1. The first kappa shape index (κ1) is 17.1. The van der Waals surface area contributed by atoms with Gasteiger partial charge in [-0.25, -0.2) is 0 Å². The van der Waals surface area contributed by atoms with Crippen molar-refractivity contribution in [1.29, 1.82) is 0 Å². The molecule has 1 unspecified atom stereocenters. The summed E-state index contributed by atoms with van der Waals surface area (Å²) in [4.78, 5) is 23.5. The molecule has 0 radical (unpaired) electrons. The maximum absolute atomic E-state index is 11.9. The molecule has 0 bridgehead atoms. The average molecular weight is 293 g/mol. The van der Waals surface area contributed by atoms with Gasteiger partial charge < -0.3 is 21.1 Å². The van der Waals surface area contributed by atoms with Crippen LogP contribution in [-0.4, -0.2) is 38.1 Å². The van der Waals surface area contributed by atoms with Crippen LogP contribution in [0.2, 0.25) is 0 Å². The van der Waals surface area contributed by atoms with Crippen LogP contribution in [0.4, 0.5) is 5.69 Å². The van der Waals surface area contributed by atoms with Crippen LogP contribution in [0.5, 0.6) is 0 Å². The molecule has 2 amide bonds. The monoisotopic (exact) mass is 293 g/mol. The van der Waals surface area contributed by atoms with Gasteiger partial charge in [0.05, 0.1) is 19.1 Å². The number of benzene rings is 1. The van der Waals surface area contributed by atoms with E-state index in [-0.39, 0.29) is 37.4 Å². The number of carbonyl (C=O) groups excluding carboxylic acids is 2. The van der Waals surface area contributed by atoms with E-state index in [0.29, 0.717) is 0 Å². The quantitative estimate of drug-likeness (QED) is 0.690. The number of nitrogens with two attached hydrogens (primary N) is 1. The summed E-state index contributed by atoms with van der Waals surface area (Å²) in [5.41, 5.74) is 8.19. The van der Waals surface area contributed by atoms with Crippen molar-refractivity contribution in [2.24, 2.45) is 5.73 Å². The topological polar surface area (TPSA) is 93.4 Å². The summed E-state index contributed by atoms with van der Waals surface area (Å²) in [6.45, 7) is 4.03. The Hall–Kier alpha value is -1.92. The van der Waals surface area contributed by atoms with E-state index in [9.17, 15) is 9.59 Å². The van der Waals surface area contributed by atoms with Crippen molar-refractivity contribution in [2.75, 3.05) is 25.5 Å². The average Bonchev–Trinajstić information content (AvgIpc) is 2.46. The molecule has 116 valence electrons. The zero-order valence-corrected chi connectivity index (χ0v) is 12.7. The molecule has 0 saturated heterocycles. The third kappa shape index (κ3) is 5.53. The zero-order chi connectivity index (χ0) is 15.8. The fourth-order valence-electron chi connectivity index (χ4n) is 1.92. The molecule has 6 nitrogen and oxygen atoms in total. The van der Waals surface area contributed by atoms with Crippen LogP contribution >= 0.6 is 0 Å². The summed E-state index contributed by atoms with van der Waals surface area (Å²) in [6.07, 6.45) is -0.185. The van der Waals surface area contributed by atoms with E-state index in [0.717, 1.165) is 16.8 Å². The fourth-order valence-corrected chi connectivity index (χ4v) is 1.92. The molecular formula is C15H23N3O3. The molecule has 4 N–H and O–H groups in total. The van der Waals surface area contributed by atoms with Crippen LogP contribution in [0, 0.1) is 13.8 Å². The maximum atomic E-state index is 11.9. The van der Waals surface area contributed by atoms with E-state index in [4.69, 9.17) is 10.5 Å². The Morgan fingerprint density at radius 1 is 1.24 bits per heavy atom. The predicted octanol–water partition coefficient (Wildman–Crippen LogP) is 0.722. The largest absolute Gasteiger partial charge is 0.380 e. The number of nitrogens with one attached hydrogen (secondary N) is 2. The second kappa shape index (κ2) is 8.39. The Labute approximate surface area is 125 Å². The van der Waals surface area contributed by atoms with Crippen LogP contribution < -0.4 is 16.4 Å². The Bertz CT molecular complexity index is 479. The van der Waals surface area contributed by atoms with E-state index in [1.807, 2.05) is 32.0 Å². The van der Waals surface area contributed by atoms with Crippen molar-refractivity contribution in [3.05, 3.63) is 29.3 Å². The molecule has 21 heavy (non-hydrogen) atoms. The Balaban J connectivity index is 2.46. The molecule has 0 aliphatic rings. The highest BCUT2D eigenvalue weighted by molar-refractivity contribution is 5.95. The molecule has 0 fully saturated rings. The highest BCUT2D eigenvalue weighted by atomic mass is 16.5. The summed E-state index contributed by atoms with van der Waals surface area (Å²) >= 11 is 0. The number of hydrogen-bond donors (Lipinski definition) is 3. The van der Waals surface area contributed by atoms with Crippen LogP contribution in [0.25, 0.3) is 0 Å². The van der Waals surface area contributed by atoms with Gasteiger partial charge in [0.1, 0.15) is 0 Å². The van der Waals surface area contributed by atoms with Gasteiger partial charge in [-0.2, -0.15) is 0 Å². The number of rotatable bonds is 7. The zero-order valence-electron chi connectivity index (χ0n) is 12.7. The smallest absolute Gasteiger partial charge is 0.243 e. The fraction of sp³-hybridized carbons (Fsp3) is 0.467. The standard InChI is InChI=1S/C15H23N3O3/c1-10-5-4-6-11(2)15(10)18-14(20)9-17-13(19)7-12(8-16)21-3/h4-6,12H,7-9,16H2,1-3H3,(H,17,19)(H,18,20). The van der Waals surface area contributed by atoms with Gasteiger partial charge >= 0.3 is 0 Å². The van der Waals surface area contributed by atoms with Gasteiger partial charge in [0, 0.05) is 19.3 Å². The van der Waals surface area contributed by atoms with Crippen molar-refractivity contribution >= 4 is 17.5 Å². The van der Waals surface area contributed by atoms with Crippen LogP contribution in [0.3, 0.4) is 0 Å². The summed E-state index contributed by atoms with van der Waals surface area (Å²) in [5, 5.41) is 5.36. The van der Waals surface area contributed by atoms with Crippen molar-refractivity contribution in [3.63, 3.8) is 0 Å². The van der Waals surface area contributed by atoms with Gasteiger partial charge in [0.15, 0.2) is 0 Å². The van der Waals surface area contributed by atoms with Crippen molar-refractivity contribution in [1.82, 2.24) is 5.32 Å². The number of methoxy groups -OCH3 is 1. The van der Waals surface area contributed by atoms with Crippen molar-refractivity contribution in [3.8, 4) is 0 Å². The van der Waals surface area contributed by atoms with Gasteiger partial charge in [-0.05, 0) is 25.0 Å². The van der Waals surface area contributed by atoms with Gasteiger partial charge in [-0.1, -0.05) is 18.2 Å². The lowest BCUT2D eigenvalue weighted by Crippen LogP contribution is -2.36. The molecule has 0 saturated carbocycles. The number of hydrogen-bond acceptors (Lipinski definition) is 4. The number of ether oxygens (including phenoxy) is 1. The molecule has 0 spiro atoms. The summed E-state index contributed by atoms with van der Waals surface area (Å²) in [6, 6.07) is 5.77. The molecule has 0 aliphatic carbocycles. The molecule has 1 aromatic rings. The van der Waals surface area contributed by atoms with E-state index >= 15 is 0 Å². The third-order valence-corrected chi connectivity index (χ3v) is 3.20. The molecule has 1 aromatic carbocycles. The minimum Gasteiger partial charge on any atom is -0.380 e. The van der Waals surface area contributed by atoms with Gasteiger partial charge in [0.25, 0.3) is 0 Å². The lowest BCUT2D eigenvalue weighted by molar-refractivity contribution is -0.125. The number of aryl methyl sites for hydroxylation is 2. The molecule has 0 aromatic heterocycles. The molecular weight excluding hydrogens is 270 g/mol. The number of para-hydroxylation sites is 1. The molecule has 1 atom stereocenters. The Morgan fingerprint density at radius 2 is 1.86 bits per heavy atom. The summed E-state index contributed by atoms with van der Waals surface area (Å²) < 4.78 is 5.02. The second-order valence-corrected chi connectivity index (χ2v) is 4.89. The normalized spacial score (nSPS) is 11.8. The molecule has 1 rings (SSSR count). The highest BCUT2D eigenvalue weighted by Gasteiger charge is 2.13. The summed E-state index contributed by atoms with van der Waals surface area (Å²) in [7, 11) is 1.50. The van der Waals surface area contributed by atoms with Crippen molar-refractivity contribution < 1.29 is 14.3 Å². The minimum absolute atomic E-state index is 0.0758. The predicted molar refractivity (Wildman–Crippen MR) is 82.0 cm³/mol. The van der Waals surface area contributed by atoms with E-state index in [2.05, 4.69) is 10.6 Å². The van der Waals surface area contributed by atoms with E-state index in [1.54, 1.807) is 0 Å². The highest BCUT2D eigenvalue weighted by Crippen LogP contribution is 2.18. The lowest BCUT2D eigenvalue weighted by Gasteiger charge is -2.14. The van der Waals surface area contributed by atoms with E-state index in [1.165, 1.54) is 7.11 Å². The SMILES string of the molecule is COC(CN)CC(=O)NCC(=O)Nc1c(C)cccc1C. The first-order valence-corrected chi connectivity index (χ1v) is 6.83. The molecule has 6 heteroatoms. The van der Waals surface area contributed by atoms with Gasteiger partial charge in [0.2, 0.25) is 11.8 Å². The van der Waals surface area contributed by atoms with Gasteiger partial charge in [-0.15, -0.1) is 0 Å². The van der Waals surface area contributed by atoms with Gasteiger partial charge in [-0.3, -0.25) is 9.59 Å². The number of anilines is 1. The maximum Gasteiger partial charge on any atom is 0.243 e. The Kier molecular flexibility index (Phi) is 6.84.